The Labute approximate surface area is 158 Å². The number of aliphatic hydroxyl groups excluding tert-OH is 1. The van der Waals surface area contributed by atoms with Crippen molar-refractivity contribution < 1.29 is 9.84 Å². The molecule has 0 bridgehead atoms. The summed E-state index contributed by atoms with van der Waals surface area (Å²) < 4.78 is 7.13. The molecule has 27 heavy (non-hydrogen) atoms. The average molecular weight is 367 g/mol. The monoisotopic (exact) mass is 367 g/mol. The van der Waals surface area contributed by atoms with Crippen LogP contribution in [0, 0.1) is 0 Å². The number of hydrogen-bond donors (Lipinski definition) is 2. The van der Waals surface area contributed by atoms with Crippen LogP contribution in [0.25, 0.3) is 11.0 Å². The van der Waals surface area contributed by atoms with Crippen LogP contribution in [0.4, 0.5) is 5.82 Å². The zero-order valence-electron chi connectivity index (χ0n) is 15.7. The number of aryl methyl sites for hydroxylation is 1. The standard InChI is InChI=1S/C20H25N5O2/c1-25-20-15(11-22-25)19(23-18(24-20)13-7-3-4-8-13)21-12-16(26)14-9-5-6-10-17(14)27-2/h5-6,9-11,13,16,26H,3-4,7-8,12H2,1-2H3,(H,21,23,24)/t16-/m0/s1. The van der Waals surface area contributed by atoms with Crippen LogP contribution < -0.4 is 10.1 Å². The van der Waals surface area contributed by atoms with Gasteiger partial charge in [0.05, 0.1) is 24.8 Å². The molecule has 142 valence electrons. The molecular weight excluding hydrogens is 342 g/mol. The highest BCUT2D eigenvalue weighted by molar-refractivity contribution is 5.86. The van der Waals surface area contributed by atoms with Crippen molar-refractivity contribution in [3.05, 3.63) is 41.9 Å². The predicted octanol–water partition coefficient (Wildman–Crippen LogP) is 3.18. The van der Waals surface area contributed by atoms with Crippen LogP contribution in [-0.2, 0) is 7.05 Å². The first-order valence-corrected chi connectivity index (χ1v) is 9.42. The molecule has 0 spiro atoms. The molecule has 0 aliphatic heterocycles. The van der Waals surface area contributed by atoms with Crippen LogP contribution in [0.2, 0.25) is 0 Å². The average Bonchev–Trinajstić information content (AvgIpc) is 3.36. The Morgan fingerprint density at radius 2 is 2.04 bits per heavy atom. The fourth-order valence-electron chi connectivity index (χ4n) is 3.79. The fraction of sp³-hybridized carbons (Fsp3) is 0.450. The second kappa shape index (κ2) is 7.52. The summed E-state index contributed by atoms with van der Waals surface area (Å²) in [4.78, 5) is 9.54. The van der Waals surface area contributed by atoms with Gasteiger partial charge in [-0.15, -0.1) is 0 Å². The minimum atomic E-state index is -0.710. The first kappa shape index (κ1) is 17.7. The smallest absolute Gasteiger partial charge is 0.163 e. The predicted molar refractivity (Wildman–Crippen MR) is 104 cm³/mol. The highest BCUT2D eigenvalue weighted by Crippen LogP contribution is 2.34. The molecule has 1 aromatic carbocycles. The quantitative estimate of drug-likeness (QED) is 0.696. The summed E-state index contributed by atoms with van der Waals surface area (Å²) in [6.45, 7) is 0.325. The lowest BCUT2D eigenvalue weighted by Gasteiger charge is -2.17. The maximum absolute atomic E-state index is 10.6. The lowest BCUT2D eigenvalue weighted by Crippen LogP contribution is -2.15. The van der Waals surface area contributed by atoms with Crippen molar-refractivity contribution >= 4 is 16.9 Å². The van der Waals surface area contributed by atoms with Gasteiger partial charge < -0.3 is 15.2 Å². The topological polar surface area (TPSA) is 85.1 Å². The molecule has 0 radical (unpaired) electrons. The van der Waals surface area contributed by atoms with E-state index in [-0.39, 0.29) is 0 Å². The van der Waals surface area contributed by atoms with Crippen LogP contribution in [-0.4, -0.2) is 38.5 Å². The van der Waals surface area contributed by atoms with E-state index in [1.54, 1.807) is 18.0 Å². The number of nitrogens with one attached hydrogen (secondary N) is 1. The highest BCUT2D eigenvalue weighted by atomic mass is 16.5. The molecule has 1 fully saturated rings. The molecule has 0 amide bonds. The Morgan fingerprint density at radius 3 is 2.81 bits per heavy atom. The lowest BCUT2D eigenvalue weighted by molar-refractivity contribution is 0.187. The molecule has 1 aliphatic carbocycles. The zero-order chi connectivity index (χ0) is 18.8. The van der Waals surface area contributed by atoms with Gasteiger partial charge in [0.15, 0.2) is 5.65 Å². The van der Waals surface area contributed by atoms with Gasteiger partial charge in [-0.2, -0.15) is 5.10 Å². The van der Waals surface area contributed by atoms with Crippen molar-refractivity contribution in [1.29, 1.82) is 0 Å². The van der Waals surface area contributed by atoms with Gasteiger partial charge in [0, 0.05) is 25.1 Å². The maximum atomic E-state index is 10.6. The minimum absolute atomic E-state index is 0.325. The van der Waals surface area contributed by atoms with Crippen LogP contribution >= 0.6 is 0 Å². The number of aromatic nitrogens is 4. The summed E-state index contributed by atoms with van der Waals surface area (Å²) in [5.41, 5.74) is 1.57. The van der Waals surface area contributed by atoms with Gasteiger partial charge in [0.2, 0.25) is 0 Å². The second-order valence-corrected chi connectivity index (χ2v) is 7.06. The highest BCUT2D eigenvalue weighted by Gasteiger charge is 2.23. The number of rotatable bonds is 6. The van der Waals surface area contributed by atoms with Crippen molar-refractivity contribution in [2.45, 2.75) is 37.7 Å². The Hall–Kier alpha value is -2.67. The van der Waals surface area contributed by atoms with Gasteiger partial charge >= 0.3 is 0 Å². The van der Waals surface area contributed by atoms with E-state index >= 15 is 0 Å². The van der Waals surface area contributed by atoms with E-state index in [0.717, 1.165) is 41.1 Å². The van der Waals surface area contributed by atoms with Gasteiger partial charge in [-0.3, -0.25) is 4.68 Å². The Bertz CT molecular complexity index is 933. The summed E-state index contributed by atoms with van der Waals surface area (Å²) in [7, 11) is 3.50. The third-order valence-corrected chi connectivity index (χ3v) is 5.29. The summed E-state index contributed by atoms with van der Waals surface area (Å²) in [5.74, 6) is 2.68. The molecule has 1 saturated carbocycles. The van der Waals surface area contributed by atoms with E-state index in [2.05, 4.69) is 10.4 Å². The van der Waals surface area contributed by atoms with Crippen molar-refractivity contribution in [1.82, 2.24) is 19.7 Å². The summed E-state index contributed by atoms with van der Waals surface area (Å²) in [5, 5.41) is 19.1. The first-order valence-electron chi connectivity index (χ1n) is 9.42. The van der Waals surface area contributed by atoms with Crippen LogP contribution in [0.1, 0.15) is 49.1 Å². The summed E-state index contributed by atoms with van der Waals surface area (Å²) in [6.07, 6.45) is 5.78. The molecule has 2 aromatic heterocycles. The number of fused-ring (bicyclic) bond motifs is 1. The molecule has 0 saturated heterocycles. The Kier molecular flexibility index (Phi) is 4.94. The van der Waals surface area contributed by atoms with E-state index in [1.807, 2.05) is 31.3 Å². The summed E-state index contributed by atoms with van der Waals surface area (Å²) >= 11 is 0. The lowest BCUT2D eigenvalue weighted by atomic mass is 10.1. The molecule has 2 heterocycles. The fourth-order valence-corrected chi connectivity index (χ4v) is 3.79. The number of benzene rings is 1. The first-order chi connectivity index (χ1) is 13.2. The van der Waals surface area contributed by atoms with Crippen LogP contribution in [0.5, 0.6) is 5.75 Å². The van der Waals surface area contributed by atoms with Gasteiger partial charge in [-0.25, -0.2) is 9.97 Å². The maximum Gasteiger partial charge on any atom is 0.163 e. The second-order valence-electron chi connectivity index (χ2n) is 7.06. The molecular formula is C20H25N5O2. The molecule has 1 aliphatic rings. The third kappa shape index (κ3) is 3.47. The Morgan fingerprint density at radius 1 is 1.26 bits per heavy atom. The van der Waals surface area contributed by atoms with Gasteiger partial charge in [0.25, 0.3) is 0 Å². The number of nitrogens with zero attached hydrogens (tertiary/aromatic N) is 4. The van der Waals surface area contributed by atoms with Gasteiger partial charge in [-0.1, -0.05) is 31.0 Å². The van der Waals surface area contributed by atoms with E-state index in [0.29, 0.717) is 18.2 Å². The molecule has 0 unspecified atom stereocenters. The number of ether oxygens (including phenoxy) is 1. The third-order valence-electron chi connectivity index (χ3n) is 5.29. The molecule has 4 rings (SSSR count). The summed E-state index contributed by atoms with van der Waals surface area (Å²) in [6, 6.07) is 7.50. The van der Waals surface area contributed by atoms with Gasteiger partial charge in [0.1, 0.15) is 17.4 Å². The minimum Gasteiger partial charge on any atom is -0.496 e. The number of para-hydroxylation sites is 1. The molecule has 3 aromatic rings. The number of anilines is 1. The number of hydrogen-bond acceptors (Lipinski definition) is 6. The van der Waals surface area contributed by atoms with E-state index < -0.39 is 6.10 Å². The van der Waals surface area contributed by atoms with Gasteiger partial charge in [-0.05, 0) is 18.9 Å². The number of aliphatic hydroxyl groups is 1. The molecule has 1 atom stereocenters. The van der Waals surface area contributed by atoms with Crippen LogP contribution in [0.3, 0.4) is 0 Å². The SMILES string of the molecule is COc1ccccc1[C@@H](O)CNc1nc(C2CCCC2)nc2c1cnn2C. The van der Waals surface area contributed by atoms with Crippen molar-refractivity contribution in [3.8, 4) is 5.75 Å². The molecule has 7 nitrogen and oxygen atoms in total. The van der Waals surface area contributed by atoms with Crippen molar-refractivity contribution in [3.63, 3.8) is 0 Å². The normalized spacial score (nSPS) is 16.0. The van der Waals surface area contributed by atoms with Crippen LogP contribution in [0.15, 0.2) is 30.5 Å². The van der Waals surface area contributed by atoms with Crippen molar-refractivity contribution in [2.24, 2.45) is 7.05 Å². The number of methoxy groups -OCH3 is 1. The molecule has 7 heteroatoms. The largest absolute Gasteiger partial charge is 0.496 e. The van der Waals surface area contributed by atoms with E-state index in [9.17, 15) is 5.11 Å². The van der Waals surface area contributed by atoms with E-state index in [4.69, 9.17) is 14.7 Å². The molecule has 2 N–H and O–H groups in total. The van der Waals surface area contributed by atoms with Crippen molar-refractivity contribution in [2.75, 3.05) is 19.0 Å². The Balaban J connectivity index is 1.61. The van der Waals surface area contributed by atoms with E-state index in [1.165, 1.54) is 12.8 Å². The zero-order valence-corrected chi connectivity index (χ0v) is 15.7.